The Hall–Kier alpha value is -1.70. The Balaban J connectivity index is 1.65. The largest absolute Gasteiger partial charge is 0.379 e. The average molecular weight is 478 g/mol. The molecule has 0 spiro atoms. The Labute approximate surface area is 196 Å². The summed E-state index contributed by atoms with van der Waals surface area (Å²) >= 11 is 14.1. The first-order valence-electron chi connectivity index (χ1n) is 10.4. The van der Waals surface area contributed by atoms with Gasteiger partial charge in [-0.05, 0) is 49.6 Å². The van der Waals surface area contributed by atoms with Crippen LogP contribution in [0.4, 0.5) is 5.13 Å². The van der Waals surface area contributed by atoms with Gasteiger partial charge in [0.15, 0.2) is 5.13 Å². The first kappa shape index (κ1) is 22.5. The third kappa shape index (κ3) is 5.04. The summed E-state index contributed by atoms with van der Waals surface area (Å²) < 4.78 is 6.54. The summed E-state index contributed by atoms with van der Waals surface area (Å²) in [6, 6.07) is 9.15. The van der Waals surface area contributed by atoms with Crippen LogP contribution in [0.3, 0.4) is 0 Å². The summed E-state index contributed by atoms with van der Waals surface area (Å²) in [5.74, 6) is -0.177. The SMILES string of the molecule is Cc1ccc(C)c2sc(N(CCCN3CCOCC3)C(=O)c3cc(Cl)ccc3Cl)nc12. The fourth-order valence-corrected chi connectivity index (χ4v) is 5.24. The molecule has 1 saturated heterocycles. The Bertz CT molecular complexity index is 1060. The average Bonchev–Trinajstić information content (AvgIpc) is 3.22. The van der Waals surface area contributed by atoms with Gasteiger partial charge in [0.25, 0.3) is 5.91 Å². The normalized spacial score (nSPS) is 14.8. The van der Waals surface area contributed by atoms with Gasteiger partial charge in [-0.15, -0.1) is 0 Å². The van der Waals surface area contributed by atoms with Crippen molar-refractivity contribution in [1.29, 1.82) is 0 Å². The van der Waals surface area contributed by atoms with Crippen molar-refractivity contribution >= 4 is 55.8 Å². The maximum atomic E-state index is 13.6. The van der Waals surface area contributed by atoms with E-state index in [9.17, 15) is 4.79 Å². The topological polar surface area (TPSA) is 45.7 Å². The molecule has 1 aliphatic heterocycles. The molecule has 0 saturated carbocycles. The first-order valence-corrected chi connectivity index (χ1v) is 11.9. The highest BCUT2D eigenvalue weighted by Crippen LogP contribution is 2.34. The third-order valence-corrected chi connectivity index (χ3v) is 7.30. The highest BCUT2D eigenvalue weighted by molar-refractivity contribution is 7.22. The molecule has 1 aliphatic rings. The quantitative estimate of drug-likeness (QED) is 0.464. The second-order valence-corrected chi connectivity index (χ2v) is 9.58. The van der Waals surface area contributed by atoms with Gasteiger partial charge in [0.05, 0.1) is 34.0 Å². The molecule has 0 atom stereocenters. The lowest BCUT2D eigenvalue weighted by Gasteiger charge is -2.28. The number of carbonyl (C=O) groups excluding carboxylic acids is 1. The Kier molecular flexibility index (Phi) is 7.14. The molecular formula is C23H25Cl2N3O2S. The zero-order valence-electron chi connectivity index (χ0n) is 17.7. The van der Waals surface area contributed by atoms with E-state index < -0.39 is 0 Å². The van der Waals surface area contributed by atoms with Crippen molar-refractivity contribution < 1.29 is 9.53 Å². The second-order valence-electron chi connectivity index (χ2n) is 7.76. The minimum atomic E-state index is -0.177. The Morgan fingerprint density at radius 1 is 1.16 bits per heavy atom. The van der Waals surface area contributed by atoms with E-state index in [1.165, 1.54) is 0 Å². The van der Waals surface area contributed by atoms with Crippen LogP contribution in [0.25, 0.3) is 10.2 Å². The number of anilines is 1. The molecule has 1 fully saturated rings. The monoisotopic (exact) mass is 477 g/mol. The molecule has 0 unspecified atom stereocenters. The van der Waals surface area contributed by atoms with Crippen LogP contribution in [-0.4, -0.2) is 55.2 Å². The molecule has 3 aromatic rings. The molecule has 0 aliphatic carbocycles. The maximum absolute atomic E-state index is 13.6. The summed E-state index contributed by atoms with van der Waals surface area (Å²) in [4.78, 5) is 22.5. The van der Waals surface area contributed by atoms with Gasteiger partial charge in [-0.2, -0.15) is 0 Å². The molecule has 31 heavy (non-hydrogen) atoms. The number of thiazole rings is 1. The molecule has 164 valence electrons. The van der Waals surface area contributed by atoms with Gasteiger partial charge in [0.2, 0.25) is 0 Å². The molecule has 2 aromatic carbocycles. The van der Waals surface area contributed by atoms with Gasteiger partial charge in [-0.25, -0.2) is 4.98 Å². The molecule has 2 heterocycles. The van der Waals surface area contributed by atoms with Gasteiger partial charge in [0.1, 0.15) is 0 Å². The zero-order valence-corrected chi connectivity index (χ0v) is 20.0. The number of morpholine rings is 1. The fourth-order valence-electron chi connectivity index (χ4n) is 3.73. The highest BCUT2D eigenvalue weighted by atomic mass is 35.5. The van der Waals surface area contributed by atoms with Gasteiger partial charge >= 0.3 is 0 Å². The van der Waals surface area contributed by atoms with Crippen LogP contribution in [0.5, 0.6) is 0 Å². The van der Waals surface area contributed by atoms with Crippen LogP contribution in [0.1, 0.15) is 27.9 Å². The third-order valence-electron chi connectivity index (χ3n) is 5.53. The van der Waals surface area contributed by atoms with Gasteiger partial charge in [-0.3, -0.25) is 14.6 Å². The number of rotatable bonds is 6. The van der Waals surface area contributed by atoms with E-state index in [2.05, 4.69) is 24.0 Å². The number of hydrogen-bond donors (Lipinski definition) is 0. The van der Waals surface area contributed by atoms with Crippen molar-refractivity contribution in [2.75, 3.05) is 44.3 Å². The number of hydrogen-bond acceptors (Lipinski definition) is 5. The van der Waals surface area contributed by atoms with Gasteiger partial charge in [-0.1, -0.05) is 46.7 Å². The lowest BCUT2D eigenvalue weighted by molar-refractivity contribution is 0.0376. The van der Waals surface area contributed by atoms with Crippen LogP contribution in [0.2, 0.25) is 10.0 Å². The minimum absolute atomic E-state index is 0.177. The Morgan fingerprint density at radius 3 is 2.65 bits per heavy atom. The van der Waals surface area contributed by atoms with Gasteiger partial charge < -0.3 is 4.74 Å². The number of halogens is 2. The van der Waals surface area contributed by atoms with E-state index in [1.54, 1.807) is 34.4 Å². The van der Waals surface area contributed by atoms with Crippen LogP contribution in [0, 0.1) is 13.8 Å². The van der Waals surface area contributed by atoms with Crippen LogP contribution in [-0.2, 0) is 4.74 Å². The van der Waals surface area contributed by atoms with E-state index in [0.29, 0.717) is 27.3 Å². The van der Waals surface area contributed by atoms with Crippen molar-refractivity contribution in [2.24, 2.45) is 0 Å². The zero-order chi connectivity index (χ0) is 22.0. The molecule has 0 bridgehead atoms. The van der Waals surface area contributed by atoms with E-state index in [4.69, 9.17) is 32.9 Å². The second kappa shape index (κ2) is 9.84. The lowest BCUT2D eigenvalue weighted by Crippen LogP contribution is -2.39. The van der Waals surface area contributed by atoms with Crippen molar-refractivity contribution in [1.82, 2.24) is 9.88 Å². The molecule has 5 nitrogen and oxygen atoms in total. The van der Waals surface area contributed by atoms with Crippen molar-refractivity contribution in [3.05, 3.63) is 57.1 Å². The number of nitrogens with zero attached hydrogens (tertiary/aromatic N) is 3. The molecule has 0 radical (unpaired) electrons. The number of benzene rings is 2. The smallest absolute Gasteiger partial charge is 0.261 e. The van der Waals surface area contributed by atoms with E-state index >= 15 is 0 Å². The molecule has 4 rings (SSSR count). The lowest BCUT2D eigenvalue weighted by atomic mass is 10.1. The summed E-state index contributed by atoms with van der Waals surface area (Å²) in [5, 5.41) is 1.56. The van der Waals surface area contributed by atoms with Crippen LogP contribution in [0.15, 0.2) is 30.3 Å². The Morgan fingerprint density at radius 2 is 1.90 bits per heavy atom. The number of amides is 1. The molecule has 0 N–H and O–H groups in total. The summed E-state index contributed by atoms with van der Waals surface area (Å²) in [6.07, 6.45) is 0.831. The predicted octanol–water partition coefficient (Wildman–Crippen LogP) is 5.59. The van der Waals surface area contributed by atoms with E-state index in [-0.39, 0.29) is 5.91 Å². The fraction of sp³-hybridized carbons (Fsp3) is 0.391. The highest BCUT2D eigenvalue weighted by Gasteiger charge is 2.24. The van der Waals surface area contributed by atoms with Crippen molar-refractivity contribution in [3.8, 4) is 0 Å². The number of carbonyl (C=O) groups is 1. The standard InChI is InChI=1S/C23H25Cl2N3O2S/c1-15-4-5-16(2)21-20(15)26-23(31-21)28(9-3-8-27-10-12-30-13-11-27)22(29)18-14-17(24)6-7-19(18)25/h4-7,14H,3,8-13H2,1-2H3. The summed E-state index contributed by atoms with van der Waals surface area (Å²) in [7, 11) is 0. The number of ether oxygens (including phenoxy) is 1. The van der Waals surface area contributed by atoms with E-state index in [1.807, 2.05) is 6.92 Å². The van der Waals surface area contributed by atoms with Crippen molar-refractivity contribution in [3.63, 3.8) is 0 Å². The predicted molar refractivity (Wildman–Crippen MR) is 129 cm³/mol. The van der Waals surface area contributed by atoms with E-state index in [0.717, 1.165) is 60.6 Å². The summed E-state index contributed by atoms with van der Waals surface area (Å²) in [5.41, 5.74) is 3.60. The molecular weight excluding hydrogens is 453 g/mol. The van der Waals surface area contributed by atoms with Crippen molar-refractivity contribution in [2.45, 2.75) is 20.3 Å². The number of aryl methyl sites for hydroxylation is 2. The molecule has 1 amide bonds. The number of fused-ring (bicyclic) bond motifs is 1. The maximum Gasteiger partial charge on any atom is 0.261 e. The number of aromatic nitrogens is 1. The van der Waals surface area contributed by atoms with Crippen LogP contribution < -0.4 is 4.90 Å². The molecule has 1 aromatic heterocycles. The first-order chi connectivity index (χ1) is 14.9. The summed E-state index contributed by atoms with van der Waals surface area (Å²) in [6.45, 7) is 8.94. The molecule has 8 heteroatoms. The van der Waals surface area contributed by atoms with Gasteiger partial charge in [0, 0.05) is 31.2 Å². The minimum Gasteiger partial charge on any atom is -0.379 e. The van der Waals surface area contributed by atoms with Crippen LogP contribution >= 0.6 is 34.5 Å².